The summed E-state index contributed by atoms with van der Waals surface area (Å²) in [7, 11) is 0. The molecule has 0 unspecified atom stereocenters. The molecule has 1 aliphatic heterocycles. The quantitative estimate of drug-likeness (QED) is 0.429. The van der Waals surface area contributed by atoms with E-state index in [1.165, 1.54) is 33.4 Å². The van der Waals surface area contributed by atoms with Gasteiger partial charge in [0.1, 0.15) is 18.1 Å². The maximum absolute atomic E-state index is 11.3. The van der Waals surface area contributed by atoms with Crippen LogP contribution in [0, 0.1) is 31.1 Å². The van der Waals surface area contributed by atoms with E-state index in [4.69, 9.17) is 14.2 Å². The van der Waals surface area contributed by atoms with Crippen LogP contribution in [0.2, 0.25) is 0 Å². The maximum atomic E-state index is 11.3. The topological polar surface area (TPSA) is 65.0 Å². The molecule has 3 aromatic carbocycles. The van der Waals surface area contributed by atoms with Gasteiger partial charge < -0.3 is 19.3 Å². The summed E-state index contributed by atoms with van der Waals surface area (Å²) in [6.07, 6.45) is 0.842. The third-order valence-electron chi connectivity index (χ3n) is 8.00. The van der Waals surface area contributed by atoms with E-state index in [0.717, 1.165) is 36.7 Å². The molecule has 5 heteroatoms. The highest BCUT2D eigenvalue weighted by atomic mass is 16.5. The fourth-order valence-corrected chi connectivity index (χ4v) is 6.05. The molecule has 5 nitrogen and oxygen atoms in total. The number of carboxylic acid groups (broad SMARTS) is 1. The molecule has 3 atom stereocenters. The molecular weight excluding hydrogens is 452 g/mol. The van der Waals surface area contributed by atoms with Gasteiger partial charge in [-0.15, -0.1) is 0 Å². The number of rotatable bonds is 8. The summed E-state index contributed by atoms with van der Waals surface area (Å²) in [4.78, 5) is 11.3. The SMILES string of the molecule is Cc1cc(OCC2(C)COC2)cc(C)c1-c1cccc(COc2ccc3c(c2)C[C@H]2[C@H](C(=O)O)[C@@H]32)c1. The van der Waals surface area contributed by atoms with Crippen molar-refractivity contribution in [2.75, 3.05) is 19.8 Å². The first-order chi connectivity index (χ1) is 17.3. The summed E-state index contributed by atoms with van der Waals surface area (Å²) in [5, 5.41) is 9.33. The van der Waals surface area contributed by atoms with E-state index in [1.54, 1.807) is 0 Å². The zero-order valence-corrected chi connectivity index (χ0v) is 21.0. The van der Waals surface area contributed by atoms with Gasteiger partial charge in [-0.05, 0) is 95.5 Å². The first kappa shape index (κ1) is 23.1. The largest absolute Gasteiger partial charge is 0.493 e. The third kappa shape index (κ3) is 4.16. The monoisotopic (exact) mass is 484 g/mol. The molecule has 0 spiro atoms. The van der Waals surface area contributed by atoms with Crippen molar-refractivity contribution in [1.82, 2.24) is 0 Å². The maximum Gasteiger partial charge on any atom is 0.307 e. The molecule has 1 N–H and O–H groups in total. The highest BCUT2D eigenvalue weighted by Gasteiger charge is 2.59. The van der Waals surface area contributed by atoms with Crippen molar-refractivity contribution in [3.8, 4) is 22.6 Å². The van der Waals surface area contributed by atoms with E-state index in [-0.39, 0.29) is 23.2 Å². The minimum absolute atomic E-state index is 0.120. The van der Waals surface area contributed by atoms with Crippen molar-refractivity contribution in [3.05, 3.63) is 82.4 Å². The van der Waals surface area contributed by atoms with Crippen molar-refractivity contribution in [2.24, 2.45) is 17.3 Å². The predicted octanol–water partition coefficient (Wildman–Crippen LogP) is 5.94. The minimum atomic E-state index is -0.665. The Morgan fingerprint density at radius 2 is 1.81 bits per heavy atom. The Labute approximate surface area is 212 Å². The number of aryl methyl sites for hydroxylation is 2. The molecule has 1 saturated carbocycles. The van der Waals surface area contributed by atoms with Gasteiger partial charge in [0.25, 0.3) is 0 Å². The number of benzene rings is 3. The van der Waals surface area contributed by atoms with Crippen LogP contribution in [0.15, 0.2) is 54.6 Å². The number of hydrogen-bond acceptors (Lipinski definition) is 4. The van der Waals surface area contributed by atoms with Crippen LogP contribution in [0.25, 0.3) is 11.1 Å². The number of hydrogen-bond donors (Lipinski definition) is 1. The predicted molar refractivity (Wildman–Crippen MR) is 138 cm³/mol. The van der Waals surface area contributed by atoms with Crippen LogP contribution in [-0.4, -0.2) is 30.9 Å². The van der Waals surface area contributed by atoms with E-state index in [9.17, 15) is 9.90 Å². The smallest absolute Gasteiger partial charge is 0.307 e. The minimum Gasteiger partial charge on any atom is -0.493 e. The molecule has 1 saturated heterocycles. The molecule has 0 bridgehead atoms. The number of ether oxygens (including phenoxy) is 3. The van der Waals surface area contributed by atoms with Crippen LogP contribution < -0.4 is 9.47 Å². The van der Waals surface area contributed by atoms with Gasteiger partial charge in [-0.1, -0.05) is 31.2 Å². The van der Waals surface area contributed by atoms with E-state index < -0.39 is 5.97 Å². The Bertz CT molecular complexity index is 1320. The first-order valence-electron chi connectivity index (χ1n) is 12.7. The summed E-state index contributed by atoms with van der Waals surface area (Å²) < 4.78 is 17.6. The van der Waals surface area contributed by atoms with Crippen molar-refractivity contribution in [1.29, 1.82) is 0 Å². The number of fused-ring (bicyclic) bond motifs is 3. The lowest BCUT2D eigenvalue weighted by atomic mass is 9.90. The molecule has 2 fully saturated rings. The Morgan fingerprint density at radius 1 is 1.03 bits per heavy atom. The molecule has 3 aliphatic rings. The lowest BCUT2D eigenvalue weighted by molar-refractivity contribution is -0.139. The second-order valence-electron chi connectivity index (χ2n) is 11.1. The average Bonchev–Trinajstić information content (AvgIpc) is 3.42. The van der Waals surface area contributed by atoms with E-state index >= 15 is 0 Å². The fourth-order valence-electron chi connectivity index (χ4n) is 6.05. The summed E-state index contributed by atoms with van der Waals surface area (Å²) in [5.41, 5.74) is 8.44. The second kappa shape index (κ2) is 8.67. The summed E-state index contributed by atoms with van der Waals surface area (Å²) in [6, 6.07) is 18.9. The second-order valence-corrected chi connectivity index (χ2v) is 11.1. The Morgan fingerprint density at radius 3 is 2.50 bits per heavy atom. The molecule has 186 valence electrons. The van der Waals surface area contributed by atoms with Crippen LogP contribution in [0.3, 0.4) is 0 Å². The molecule has 36 heavy (non-hydrogen) atoms. The zero-order valence-electron chi connectivity index (χ0n) is 21.0. The molecule has 0 amide bonds. The summed E-state index contributed by atoms with van der Waals surface area (Å²) in [6.45, 7) is 9.13. The van der Waals surface area contributed by atoms with E-state index in [1.807, 2.05) is 6.07 Å². The molecule has 6 rings (SSSR count). The Balaban J connectivity index is 1.13. The highest BCUT2D eigenvalue weighted by molar-refractivity contribution is 5.78. The molecule has 0 aromatic heterocycles. The van der Waals surface area contributed by atoms with Gasteiger partial charge in [-0.25, -0.2) is 0 Å². The van der Waals surface area contributed by atoms with Gasteiger partial charge in [0.15, 0.2) is 0 Å². The van der Waals surface area contributed by atoms with Crippen molar-refractivity contribution in [2.45, 2.75) is 39.7 Å². The van der Waals surface area contributed by atoms with Gasteiger partial charge in [-0.3, -0.25) is 4.79 Å². The molecule has 0 radical (unpaired) electrons. The zero-order chi connectivity index (χ0) is 25.0. The van der Waals surface area contributed by atoms with Crippen LogP contribution in [-0.2, 0) is 22.6 Å². The summed E-state index contributed by atoms with van der Waals surface area (Å²) in [5.74, 6) is 1.35. The molecular formula is C31H32O5. The van der Waals surface area contributed by atoms with Gasteiger partial charge in [-0.2, -0.15) is 0 Å². The first-order valence-corrected chi connectivity index (χ1v) is 12.7. The standard InChI is InChI=1S/C31H32O5/c1-18-9-24(36-17-31(3)15-34-16-31)10-19(2)27(18)21-6-4-5-20(11-21)14-35-23-7-8-25-22(12-23)13-26-28(25)29(26)30(32)33/h4-12,26,28-29H,13-17H2,1-3H3,(H,32,33)/t26-,28+,29+/m1/s1. The number of carbonyl (C=O) groups is 1. The van der Waals surface area contributed by atoms with Crippen molar-refractivity contribution >= 4 is 5.97 Å². The van der Waals surface area contributed by atoms with Crippen LogP contribution >= 0.6 is 0 Å². The molecule has 1 heterocycles. The molecule has 3 aromatic rings. The summed E-state index contributed by atoms with van der Waals surface area (Å²) >= 11 is 0. The van der Waals surface area contributed by atoms with Gasteiger partial charge >= 0.3 is 5.97 Å². The fraction of sp³-hybridized carbons (Fsp3) is 0.387. The lowest BCUT2D eigenvalue weighted by Gasteiger charge is -2.37. The Kier molecular flexibility index (Phi) is 5.56. The average molecular weight is 485 g/mol. The Hall–Kier alpha value is -3.31. The van der Waals surface area contributed by atoms with Gasteiger partial charge in [0.05, 0.1) is 25.7 Å². The van der Waals surface area contributed by atoms with Gasteiger partial charge in [0, 0.05) is 11.3 Å². The number of carboxylic acids is 1. The third-order valence-corrected chi connectivity index (χ3v) is 8.00. The molecule has 2 aliphatic carbocycles. The van der Waals surface area contributed by atoms with E-state index in [0.29, 0.717) is 13.2 Å². The van der Waals surface area contributed by atoms with Crippen molar-refractivity contribution < 1.29 is 24.1 Å². The normalized spacial score (nSPS) is 22.8. The van der Waals surface area contributed by atoms with Crippen molar-refractivity contribution in [3.63, 3.8) is 0 Å². The van der Waals surface area contributed by atoms with E-state index in [2.05, 4.69) is 69.3 Å². The van der Waals surface area contributed by atoms with Gasteiger partial charge in [0.2, 0.25) is 0 Å². The number of aliphatic carboxylic acids is 1. The lowest BCUT2D eigenvalue weighted by Crippen LogP contribution is -2.44. The van der Waals surface area contributed by atoms with Crippen LogP contribution in [0.1, 0.15) is 40.7 Å². The van der Waals surface area contributed by atoms with Crippen LogP contribution in [0.4, 0.5) is 0 Å². The highest BCUT2D eigenvalue weighted by Crippen LogP contribution is 2.61. The van der Waals surface area contributed by atoms with Crippen LogP contribution in [0.5, 0.6) is 11.5 Å².